The van der Waals surface area contributed by atoms with Gasteiger partial charge in [-0.3, -0.25) is 4.90 Å². The van der Waals surface area contributed by atoms with Crippen molar-refractivity contribution in [2.75, 3.05) is 19.6 Å². The number of carbonyl (C=O) groups excluding carboxylic acids is 1. The van der Waals surface area contributed by atoms with Crippen molar-refractivity contribution in [3.05, 3.63) is 48.6 Å². The average Bonchev–Trinajstić information content (AvgIpc) is 2.93. The predicted octanol–water partition coefficient (Wildman–Crippen LogP) is 2.31. The zero-order valence-corrected chi connectivity index (χ0v) is 12.0. The fourth-order valence-electron chi connectivity index (χ4n) is 2.60. The monoisotopic (exact) mass is 273 g/mol. The van der Waals surface area contributed by atoms with E-state index in [1.165, 1.54) is 5.56 Å². The predicted molar refractivity (Wildman–Crippen MR) is 81.6 cm³/mol. The van der Waals surface area contributed by atoms with E-state index < -0.39 is 0 Å². The van der Waals surface area contributed by atoms with Crippen LogP contribution < -0.4 is 10.6 Å². The van der Waals surface area contributed by atoms with E-state index in [4.69, 9.17) is 0 Å². The van der Waals surface area contributed by atoms with Crippen molar-refractivity contribution in [1.82, 2.24) is 15.5 Å². The minimum atomic E-state index is -0.107. The van der Waals surface area contributed by atoms with Crippen LogP contribution in [0.4, 0.5) is 4.79 Å². The maximum Gasteiger partial charge on any atom is 0.315 e. The van der Waals surface area contributed by atoms with Crippen molar-refractivity contribution in [3.63, 3.8) is 0 Å². The third-order valence-electron chi connectivity index (χ3n) is 3.79. The van der Waals surface area contributed by atoms with Gasteiger partial charge in [0.25, 0.3) is 0 Å². The number of carbonyl (C=O) groups is 1. The van der Waals surface area contributed by atoms with E-state index >= 15 is 0 Å². The second-order valence-corrected chi connectivity index (χ2v) is 5.21. The molecule has 1 aliphatic heterocycles. The van der Waals surface area contributed by atoms with E-state index in [0.29, 0.717) is 12.6 Å². The van der Waals surface area contributed by atoms with E-state index in [-0.39, 0.29) is 12.1 Å². The van der Waals surface area contributed by atoms with Gasteiger partial charge < -0.3 is 10.6 Å². The van der Waals surface area contributed by atoms with Gasteiger partial charge in [-0.1, -0.05) is 36.4 Å². The molecule has 1 aromatic carbocycles. The summed E-state index contributed by atoms with van der Waals surface area (Å²) in [5.41, 5.74) is 1.32. The molecule has 2 unspecified atom stereocenters. The maximum atomic E-state index is 11.6. The highest BCUT2D eigenvalue weighted by Gasteiger charge is 2.27. The largest absolute Gasteiger partial charge is 0.335 e. The molecule has 0 spiro atoms. The number of rotatable bonds is 5. The normalized spacial score (nSPS) is 20.4. The van der Waals surface area contributed by atoms with Crippen LogP contribution in [0.2, 0.25) is 0 Å². The lowest BCUT2D eigenvalue weighted by Crippen LogP contribution is -2.43. The number of amides is 2. The first-order valence-corrected chi connectivity index (χ1v) is 7.15. The molecule has 0 aliphatic carbocycles. The molecule has 0 radical (unpaired) electrons. The molecule has 108 valence electrons. The third kappa shape index (κ3) is 3.84. The molecule has 0 bridgehead atoms. The van der Waals surface area contributed by atoms with Crippen LogP contribution in [-0.2, 0) is 0 Å². The van der Waals surface area contributed by atoms with Crippen molar-refractivity contribution < 1.29 is 4.79 Å². The Morgan fingerprint density at radius 3 is 2.95 bits per heavy atom. The van der Waals surface area contributed by atoms with Gasteiger partial charge in [0.05, 0.1) is 0 Å². The summed E-state index contributed by atoms with van der Waals surface area (Å²) in [7, 11) is 0. The Morgan fingerprint density at radius 2 is 2.25 bits per heavy atom. The van der Waals surface area contributed by atoms with Crippen LogP contribution in [0.25, 0.3) is 0 Å². The number of hydrogen-bond donors (Lipinski definition) is 2. The summed E-state index contributed by atoms with van der Waals surface area (Å²) in [6.45, 7) is 8.22. The molecule has 1 heterocycles. The Morgan fingerprint density at radius 1 is 1.50 bits per heavy atom. The second-order valence-electron chi connectivity index (χ2n) is 5.21. The van der Waals surface area contributed by atoms with Gasteiger partial charge in [-0.05, 0) is 18.9 Å². The van der Waals surface area contributed by atoms with Crippen LogP contribution in [0.15, 0.2) is 43.0 Å². The van der Waals surface area contributed by atoms with Gasteiger partial charge in [0, 0.05) is 31.7 Å². The quantitative estimate of drug-likeness (QED) is 0.809. The van der Waals surface area contributed by atoms with Crippen LogP contribution in [0.1, 0.15) is 24.9 Å². The van der Waals surface area contributed by atoms with Gasteiger partial charge in [0.15, 0.2) is 0 Å². The van der Waals surface area contributed by atoms with Gasteiger partial charge >= 0.3 is 6.03 Å². The Kier molecular flexibility index (Phi) is 5.18. The highest BCUT2D eigenvalue weighted by atomic mass is 16.2. The zero-order valence-electron chi connectivity index (χ0n) is 12.0. The fraction of sp³-hybridized carbons (Fsp3) is 0.438. The lowest BCUT2D eigenvalue weighted by atomic mass is 10.1. The van der Waals surface area contributed by atoms with Crippen LogP contribution in [0.5, 0.6) is 0 Å². The number of urea groups is 1. The van der Waals surface area contributed by atoms with Crippen molar-refractivity contribution in [2.45, 2.75) is 25.4 Å². The maximum absolute atomic E-state index is 11.6. The first-order chi connectivity index (χ1) is 9.70. The van der Waals surface area contributed by atoms with Crippen molar-refractivity contribution in [3.8, 4) is 0 Å². The summed E-state index contributed by atoms with van der Waals surface area (Å²) < 4.78 is 0. The molecule has 2 N–H and O–H groups in total. The molecule has 20 heavy (non-hydrogen) atoms. The molecule has 2 amide bonds. The standard InChI is InChI=1S/C16H23N3O/c1-3-10-17-16(20)18-15-9-11-19(12-15)13(2)14-7-5-4-6-8-14/h3-8,13,15H,1,9-12H2,2H3,(H2,17,18,20). The van der Waals surface area contributed by atoms with Crippen LogP contribution in [0.3, 0.4) is 0 Å². The van der Waals surface area contributed by atoms with Crippen molar-refractivity contribution >= 4 is 6.03 Å². The smallest absolute Gasteiger partial charge is 0.315 e. The summed E-state index contributed by atoms with van der Waals surface area (Å²) in [4.78, 5) is 14.0. The molecular weight excluding hydrogens is 250 g/mol. The summed E-state index contributed by atoms with van der Waals surface area (Å²) in [5, 5.41) is 5.76. The number of nitrogens with one attached hydrogen (secondary N) is 2. The molecule has 1 aliphatic rings. The zero-order chi connectivity index (χ0) is 14.4. The van der Waals surface area contributed by atoms with Crippen molar-refractivity contribution in [2.24, 2.45) is 0 Å². The Balaban J connectivity index is 1.83. The summed E-state index contributed by atoms with van der Waals surface area (Å²) in [5.74, 6) is 0. The second kappa shape index (κ2) is 7.10. The van der Waals surface area contributed by atoms with E-state index in [1.54, 1.807) is 6.08 Å². The van der Waals surface area contributed by atoms with E-state index in [1.807, 2.05) is 6.07 Å². The van der Waals surface area contributed by atoms with Gasteiger partial charge in [0.1, 0.15) is 0 Å². The first kappa shape index (κ1) is 14.6. The lowest BCUT2D eigenvalue weighted by Gasteiger charge is -2.24. The van der Waals surface area contributed by atoms with E-state index in [2.05, 4.69) is 53.3 Å². The number of likely N-dealkylation sites (tertiary alicyclic amines) is 1. The van der Waals surface area contributed by atoms with E-state index in [9.17, 15) is 4.79 Å². The fourth-order valence-corrected chi connectivity index (χ4v) is 2.60. The minimum absolute atomic E-state index is 0.107. The highest BCUT2D eigenvalue weighted by Crippen LogP contribution is 2.24. The van der Waals surface area contributed by atoms with Gasteiger partial charge in [-0.25, -0.2) is 4.79 Å². The topological polar surface area (TPSA) is 44.4 Å². The molecule has 2 atom stereocenters. The molecule has 1 aromatic rings. The molecule has 1 saturated heterocycles. The first-order valence-electron chi connectivity index (χ1n) is 7.15. The number of hydrogen-bond acceptors (Lipinski definition) is 2. The molecule has 2 rings (SSSR count). The number of benzene rings is 1. The van der Waals surface area contributed by atoms with Crippen LogP contribution >= 0.6 is 0 Å². The minimum Gasteiger partial charge on any atom is -0.335 e. The molecule has 0 saturated carbocycles. The average molecular weight is 273 g/mol. The molecular formula is C16H23N3O. The summed E-state index contributed by atoms with van der Waals surface area (Å²) in [6.07, 6.45) is 2.68. The Hall–Kier alpha value is -1.81. The Labute approximate surface area is 120 Å². The molecule has 4 nitrogen and oxygen atoms in total. The highest BCUT2D eigenvalue weighted by molar-refractivity contribution is 5.74. The lowest BCUT2D eigenvalue weighted by molar-refractivity contribution is 0.233. The SMILES string of the molecule is C=CCNC(=O)NC1CCN(C(C)c2ccccc2)C1. The van der Waals surface area contributed by atoms with Crippen LogP contribution in [-0.4, -0.2) is 36.6 Å². The summed E-state index contributed by atoms with van der Waals surface area (Å²) in [6, 6.07) is 11.0. The van der Waals surface area contributed by atoms with Gasteiger partial charge in [-0.2, -0.15) is 0 Å². The van der Waals surface area contributed by atoms with Crippen molar-refractivity contribution in [1.29, 1.82) is 0 Å². The van der Waals surface area contributed by atoms with Crippen LogP contribution in [0, 0.1) is 0 Å². The Bertz CT molecular complexity index is 446. The third-order valence-corrected chi connectivity index (χ3v) is 3.79. The number of nitrogens with zero attached hydrogens (tertiary/aromatic N) is 1. The molecule has 0 aromatic heterocycles. The van der Waals surface area contributed by atoms with E-state index in [0.717, 1.165) is 19.5 Å². The molecule has 4 heteroatoms. The summed E-state index contributed by atoms with van der Waals surface area (Å²) >= 11 is 0. The van der Waals surface area contributed by atoms with Gasteiger partial charge in [0.2, 0.25) is 0 Å². The van der Waals surface area contributed by atoms with Gasteiger partial charge in [-0.15, -0.1) is 6.58 Å². The molecule has 1 fully saturated rings.